The maximum atomic E-state index is 10.7. The lowest BCUT2D eigenvalue weighted by atomic mass is 10.0. The standard InChI is InChI=1S/C23H40O5/c1-5-9-13-14-18-19(24)20(25)22(27-16-11-7-3)23(28-17-12-8-4)21(18)26-15-10-6-2/h24-25H,5-17H2,1-4H3. The zero-order valence-corrected chi connectivity index (χ0v) is 18.3. The average molecular weight is 397 g/mol. The minimum absolute atomic E-state index is 0.142. The molecule has 0 aliphatic rings. The van der Waals surface area contributed by atoms with E-state index >= 15 is 0 Å². The number of rotatable bonds is 16. The molecule has 0 unspecified atom stereocenters. The highest BCUT2D eigenvalue weighted by Crippen LogP contribution is 2.53. The van der Waals surface area contributed by atoms with Crippen LogP contribution in [0, 0.1) is 0 Å². The molecule has 0 saturated carbocycles. The van der Waals surface area contributed by atoms with Gasteiger partial charge in [0.05, 0.1) is 19.8 Å². The number of phenols is 2. The molecule has 1 aromatic rings. The Morgan fingerprint density at radius 1 is 0.536 bits per heavy atom. The van der Waals surface area contributed by atoms with E-state index in [-0.39, 0.29) is 17.2 Å². The largest absolute Gasteiger partial charge is 0.504 e. The second kappa shape index (κ2) is 14.3. The van der Waals surface area contributed by atoms with Gasteiger partial charge in [-0.3, -0.25) is 0 Å². The van der Waals surface area contributed by atoms with E-state index in [1.54, 1.807) is 0 Å². The Balaban J connectivity index is 3.34. The van der Waals surface area contributed by atoms with Gasteiger partial charge in [-0.05, 0) is 32.1 Å². The molecule has 0 aliphatic heterocycles. The van der Waals surface area contributed by atoms with E-state index in [0.717, 1.165) is 57.8 Å². The van der Waals surface area contributed by atoms with E-state index in [1.807, 2.05) is 0 Å². The van der Waals surface area contributed by atoms with Gasteiger partial charge in [0, 0.05) is 5.56 Å². The summed E-state index contributed by atoms with van der Waals surface area (Å²) in [5.41, 5.74) is 0.622. The van der Waals surface area contributed by atoms with Crippen LogP contribution in [0.2, 0.25) is 0 Å². The van der Waals surface area contributed by atoms with Crippen molar-refractivity contribution in [3.8, 4) is 28.7 Å². The van der Waals surface area contributed by atoms with Crippen molar-refractivity contribution in [2.75, 3.05) is 19.8 Å². The van der Waals surface area contributed by atoms with Crippen LogP contribution in [0.4, 0.5) is 0 Å². The first-order valence-corrected chi connectivity index (χ1v) is 11.1. The third-order valence-corrected chi connectivity index (χ3v) is 4.67. The number of aromatic hydroxyl groups is 2. The Kier molecular flexibility index (Phi) is 12.3. The minimum atomic E-state index is -0.239. The highest BCUT2D eigenvalue weighted by Gasteiger charge is 2.27. The maximum Gasteiger partial charge on any atom is 0.211 e. The number of hydrogen-bond donors (Lipinski definition) is 2. The summed E-state index contributed by atoms with van der Waals surface area (Å²) in [4.78, 5) is 0. The highest BCUT2D eigenvalue weighted by atomic mass is 16.5. The van der Waals surface area contributed by atoms with Crippen LogP contribution in [-0.4, -0.2) is 30.0 Å². The summed E-state index contributed by atoms with van der Waals surface area (Å²) in [6.45, 7) is 9.94. The zero-order chi connectivity index (χ0) is 20.8. The van der Waals surface area contributed by atoms with Crippen molar-refractivity contribution in [1.29, 1.82) is 0 Å². The fraction of sp³-hybridized carbons (Fsp3) is 0.739. The molecule has 0 amide bonds. The Labute approximate surface area is 171 Å². The van der Waals surface area contributed by atoms with E-state index in [4.69, 9.17) is 14.2 Å². The first-order valence-electron chi connectivity index (χ1n) is 11.1. The van der Waals surface area contributed by atoms with Crippen LogP contribution in [0.15, 0.2) is 0 Å². The molecule has 162 valence electrons. The lowest BCUT2D eigenvalue weighted by molar-refractivity contribution is 0.225. The zero-order valence-electron chi connectivity index (χ0n) is 18.3. The molecule has 0 spiro atoms. The van der Waals surface area contributed by atoms with Gasteiger partial charge >= 0.3 is 0 Å². The fourth-order valence-electron chi connectivity index (χ4n) is 2.86. The van der Waals surface area contributed by atoms with Crippen LogP contribution in [0.1, 0.15) is 91.0 Å². The van der Waals surface area contributed by atoms with Gasteiger partial charge in [0.15, 0.2) is 11.5 Å². The van der Waals surface area contributed by atoms with E-state index in [0.29, 0.717) is 43.3 Å². The predicted octanol–water partition coefficient (Wildman–Crippen LogP) is 6.37. The summed E-state index contributed by atoms with van der Waals surface area (Å²) >= 11 is 0. The third-order valence-electron chi connectivity index (χ3n) is 4.67. The molecule has 5 heteroatoms. The van der Waals surface area contributed by atoms with Crippen LogP contribution < -0.4 is 14.2 Å². The summed E-state index contributed by atoms with van der Waals surface area (Å²) in [7, 11) is 0. The highest BCUT2D eigenvalue weighted by molar-refractivity contribution is 5.69. The van der Waals surface area contributed by atoms with Gasteiger partial charge in [-0.25, -0.2) is 0 Å². The van der Waals surface area contributed by atoms with Crippen molar-refractivity contribution < 1.29 is 24.4 Å². The summed E-state index contributed by atoms with van der Waals surface area (Å²) < 4.78 is 17.9. The van der Waals surface area contributed by atoms with Crippen LogP contribution >= 0.6 is 0 Å². The second-order valence-corrected chi connectivity index (χ2v) is 7.23. The molecule has 0 fully saturated rings. The average Bonchev–Trinajstić information content (AvgIpc) is 2.69. The van der Waals surface area contributed by atoms with Crippen molar-refractivity contribution in [2.24, 2.45) is 0 Å². The Bertz CT molecular complexity index is 508. The molecule has 28 heavy (non-hydrogen) atoms. The molecule has 0 atom stereocenters. The van der Waals surface area contributed by atoms with Crippen LogP contribution in [-0.2, 0) is 6.42 Å². The third kappa shape index (κ3) is 7.33. The van der Waals surface area contributed by atoms with Gasteiger partial charge in [0.2, 0.25) is 17.2 Å². The number of benzene rings is 1. The van der Waals surface area contributed by atoms with Gasteiger partial charge in [0.25, 0.3) is 0 Å². The summed E-state index contributed by atoms with van der Waals surface area (Å²) in [5, 5.41) is 21.4. The molecule has 0 bridgehead atoms. The first kappa shape index (κ1) is 24.3. The van der Waals surface area contributed by atoms with E-state index in [9.17, 15) is 10.2 Å². The van der Waals surface area contributed by atoms with Crippen molar-refractivity contribution >= 4 is 0 Å². The lowest BCUT2D eigenvalue weighted by Gasteiger charge is -2.22. The van der Waals surface area contributed by atoms with Crippen molar-refractivity contribution in [1.82, 2.24) is 0 Å². The summed E-state index contributed by atoms with van der Waals surface area (Å²) in [5.74, 6) is 0.784. The molecule has 2 N–H and O–H groups in total. The monoisotopic (exact) mass is 396 g/mol. The minimum Gasteiger partial charge on any atom is -0.504 e. The number of unbranched alkanes of at least 4 members (excludes halogenated alkanes) is 5. The molecule has 0 heterocycles. The van der Waals surface area contributed by atoms with Crippen LogP contribution in [0.25, 0.3) is 0 Å². The fourth-order valence-corrected chi connectivity index (χ4v) is 2.86. The number of hydrogen-bond acceptors (Lipinski definition) is 5. The van der Waals surface area contributed by atoms with Gasteiger partial charge in [-0.2, -0.15) is 0 Å². The van der Waals surface area contributed by atoms with Crippen molar-refractivity contribution in [3.63, 3.8) is 0 Å². The molecule has 1 aromatic carbocycles. The van der Waals surface area contributed by atoms with Crippen LogP contribution in [0.5, 0.6) is 28.7 Å². The maximum absolute atomic E-state index is 10.7. The molecule has 0 saturated heterocycles. The molecule has 0 aliphatic carbocycles. The van der Waals surface area contributed by atoms with Crippen molar-refractivity contribution in [3.05, 3.63) is 5.56 Å². The molecule has 1 rings (SSSR count). The molecule has 5 nitrogen and oxygen atoms in total. The van der Waals surface area contributed by atoms with E-state index < -0.39 is 0 Å². The molecular weight excluding hydrogens is 356 g/mol. The predicted molar refractivity (Wildman–Crippen MR) is 114 cm³/mol. The number of ether oxygens (including phenoxy) is 3. The molecule has 0 radical (unpaired) electrons. The van der Waals surface area contributed by atoms with Gasteiger partial charge in [-0.15, -0.1) is 0 Å². The summed E-state index contributed by atoms with van der Waals surface area (Å²) in [6, 6.07) is 0. The summed E-state index contributed by atoms with van der Waals surface area (Å²) in [6.07, 6.45) is 9.35. The second-order valence-electron chi connectivity index (χ2n) is 7.23. The normalized spacial score (nSPS) is 10.9. The van der Waals surface area contributed by atoms with Gasteiger partial charge in [-0.1, -0.05) is 59.8 Å². The first-order chi connectivity index (χ1) is 13.6. The number of phenolic OH excluding ortho intramolecular Hbond substituents is 2. The quantitative estimate of drug-likeness (QED) is 0.251. The Morgan fingerprint density at radius 2 is 1.00 bits per heavy atom. The Hall–Kier alpha value is -1.78. The smallest absolute Gasteiger partial charge is 0.211 e. The van der Waals surface area contributed by atoms with Crippen molar-refractivity contribution in [2.45, 2.75) is 91.9 Å². The van der Waals surface area contributed by atoms with E-state index in [1.165, 1.54) is 0 Å². The topological polar surface area (TPSA) is 68.2 Å². The molecule has 0 aromatic heterocycles. The van der Waals surface area contributed by atoms with Gasteiger partial charge < -0.3 is 24.4 Å². The van der Waals surface area contributed by atoms with E-state index in [2.05, 4.69) is 27.7 Å². The molecular formula is C23H40O5. The Morgan fingerprint density at radius 3 is 1.50 bits per heavy atom. The SMILES string of the molecule is CCCCCc1c(O)c(O)c(OCCCC)c(OCCCC)c1OCCCC. The lowest BCUT2D eigenvalue weighted by Crippen LogP contribution is -2.08. The van der Waals surface area contributed by atoms with Crippen LogP contribution in [0.3, 0.4) is 0 Å². The van der Waals surface area contributed by atoms with Gasteiger partial charge in [0.1, 0.15) is 0 Å².